The molecule has 0 aliphatic carbocycles. The molecule has 0 fully saturated rings. The summed E-state index contributed by atoms with van der Waals surface area (Å²) >= 11 is 2.23. The van der Waals surface area contributed by atoms with Gasteiger partial charge in [-0.25, -0.2) is 0 Å². The lowest BCUT2D eigenvalue weighted by Gasteiger charge is -2.11. The van der Waals surface area contributed by atoms with E-state index in [4.69, 9.17) is 13.9 Å². The second kappa shape index (κ2) is 7.25. The van der Waals surface area contributed by atoms with Gasteiger partial charge in [-0.1, -0.05) is 12.1 Å². The van der Waals surface area contributed by atoms with E-state index in [0.717, 1.165) is 9.13 Å². The summed E-state index contributed by atoms with van der Waals surface area (Å²) < 4.78 is 18.2. The first-order valence-electron chi connectivity index (χ1n) is 7.75. The maximum atomic E-state index is 12.6. The van der Waals surface area contributed by atoms with Gasteiger partial charge in [0, 0.05) is 27.3 Å². The van der Waals surface area contributed by atoms with Crippen molar-refractivity contribution in [3.63, 3.8) is 0 Å². The van der Waals surface area contributed by atoms with Crippen molar-refractivity contribution in [3.8, 4) is 22.8 Å². The van der Waals surface area contributed by atoms with Crippen LogP contribution in [0.3, 0.4) is 0 Å². The minimum atomic E-state index is -0.128. The molecule has 2 aromatic carbocycles. The van der Waals surface area contributed by atoms with Crippen LogP contribution in [0.5, 0.6) is 11.5 Å². The highest BCUT2D eigenvalue weighted by molar-refractivity contribution is 14.1. The third-order valence-corrected chi connectivity index (χ3v) is 4.16. The zero-order valence-corrected chi connectivity index (χ0v) is 15.6. The van der Waals surface area contributed by atoms with E-state index < -0.39 is 0 Å². The van der Waals surface area contributed by atoms with E-state index in [2.05, 4.69) is 22.6 Å². The fourth-order valence-corrected chi connectivity index (χ4v) is 3.07. The van der Waals surface area contributed by atoms with Gasteiger partial charge < -0.3 is 13.9 Å². The summed E-state index contributed by atoms with van der Waals surface area (Å²) in [5.74, 6) is 1.64. The first kappa shape index (κ1) is 16.8. The molecule has 1 heterocycles. The Labute approximate surface area is 153 Å². The van der Waals surface area contributed by atoms with Crippen molar-refractivity contribution < 1.29 is 13.9 Å². The van der Waals surface area contributed by atoms with Gasteiger partial charge in [-0.3, -0.25) is 4.79 Å². The molecule has 0 amide bonds. The monoisotopic (exact) mass is 436 g/mol. The summed E-state index contributed by atoms with van der Waals surface area (Å²) in [4.78, 5) is 12.6. The standard InChI is InChI=1S/C19H17IO4/c1-3-22-14-9-17(23-4-2)19-15(21)11-16(24-18(19)10-14)12-6-5-7-13(20)8-12/h5-11H,3-4H2,1-2H3. The number of hydrogen-bond donors (Lipinski definition) is 0. The van der Waals surface area contributed by atoms with E-state index in [-0.39, 0.29) is 5.43 Å². The van der Waals surface area contributed by atoms with Crippen LogP contribution in [0.4, 0.5) is 0 Å². The summed E-state index contributed by atoms with van der Waals surface area (Å²) in [7, 11) is 0. The van der Waals surface area contributed by atoms with Crippen LogP contribution < -0.4 is 14.9 Å². The predicted molar refractivity (Wildman–Crippen MR) is 103 cm³/mol. The number of hydrogen-bond acceptors (Lipinski definition) is 4. The molecule has 0 bridgehead atoms. The molecule has 0 spiro atoms. The van der Waals surface area contributed by atoms with Gasteiger partial charge in [0.05, 0.1) is 13.2 Å². The second-order valence-corrected chi connectivity index (χ2v) is 6.39. The van der Waals surface area contributed by atoms with Gasteiger partial charge in [0.15, 0.2) is 5.43 Å². The summed E-state index contributed by atoms with van der Waals surface area (Å²) in [6.07, 6.45) is 0. The molecule has 0 N–H and O–H groups in total. The van der Waals surface area contributed by atoms with Gasteiger partial charge in [0.2, 0.25) is 0 Å². The topological polar surface area (TPSA) is 48.7 Å². The van der Waals surface area contributed by atoms with E-state index in [1.165, 1.54) is 6.07 Å². The van der Waals surface area contributed by atoms with E-state index in [1.807, 2.05) is 38.1 Å². The predicted octanol–water partition coefficient (Wildman–Crippen LogP) is 4.86. The SMILES string of the molecule is CCOc1cc(OCC)c2c(=O)cc(-c3cccc(I)c3)oc2c1. The minimum absolute atomic E-state index is 0.128. The minimum Gasteiger partial charge on any atom is -0.494 e. The van der Waals surface area contributed by atoms with Crippen molar-refractivity contribution in [2.45, 2.75) is 13.8 Å². The van der Waals surface area contributed by atoms with Crippen molar-refractivity contribution in [1.82, 2.24) is 0 Å². The molecule has 124 valence electrons. The fraction of sp³-hybridized carbons (Fsp3) is 0.211. The zero-order valence-electron chi connectivity index (χ0n) is 13.5. The first-order valence-corrected chi connectivity index (χ1v) is 8.83. The Kier molecular flexibility index (Phi) is 5.08. The molecule has 0 saturated carbocycles. The van der Waals surface area contributed by atoms with E-state index in [9.17, 15) is 4.79 Å². The summed E-state index contributed by atoms with van der Waals surface area (Å²) in [5.41, 5.74) is 1.20. The lowest BCUT2D eigenvalue weighted by molar-refractivity contribution is 0.325. The third kappa shape index (κ3) is 3.40. The van der Waals surface area contributed by atoms with Crippen LogP contribution in [0.2, 0.25) is 0 Å². The Morgan fingerprint density at radius 3 is 2.54 bits per heavy atom. The molecule has 0 unspecified atom stereocenters. The van der Waals surface area contributed by atoms with Crippen LogP contribution in [-0.4, -0.2) is 13.2 Å². The highest BCUT2D eigenvalue weighted by atomic mass is 127. The molecular weight excluding hydrogens is 419 g/mol. The van der Waals surface area contributed by atoms with Crippen LogP contribution in [0, 0.1) is 3.57 Å². The molecule has 0 saturated heterocycles. The Morgan fingerprint density at radius 1 is 1.04 bits per heavy atom. The molecule has 1 aromatic heterocycles. The number of ether oxygens (including phenoxy) is 2. The van der Waals surface area contributed by atoms with Crippen molar-refractivity contribution in [2.75, 3.05) is 13.2 Å². The van der Waals surface area contributed by atoms with E-state index in [1.54, 1.807) is 12.1 Å². The largest absolute Gasteiger partial charge is 0.494 e. The van der Waals surface area contributed by atoms with Crippen LogP contribution in [0.1, 0.15) is 13.8 Å². The van der Waals surface area contributed by atoms with Gasteiger partial charge in [-0.05, 0) is 48.6 Å². The number of fused-ring (bicyclic) bond motifs is 1. The maximum Gasteiger partial charge on any atom is 0.197 e. The van der Waals surface area contributed by atoms with Crippen LogP contribution in [0.15, 0.2) is 51.7 Å². The van der Waals surface area contributed by atoms with Gasteiger partial charge in [0.1, 0.15) is 28.2 Å². The summed E-state index contributed by atoms with van der Waals surface area (Å²) in [5, 5.41) is 0.440. The summed E-state index contributed by atoms with van der Waals surface area (Å²) in [6.45, 7) is 4.77. The first-order chi connectivity index (χ1) is 11.6. The highest BCUT2D eigenvalue weighted by Crippen LogP contribution is 2.32. The Hall–Kier alpha value is -2.02. The molecule has 0 radical (unpaired) electrons. The van der Waals surface area contributed by atoms with Gasteiger partial charge in [0.25, 0.3) is 0 Å². The van der Waals surface area contributed by atoms with E-state index >= 15 is 0 Å². The van der Waals surface area contributed by atoms with Gasteiger partial charge in [-0.15, -0.1) is 0 Å². The quantitative estimate of drug-likeness (QED) is 0.536. The Bertz CT molecular complexity index is 930. The maximum absolute atomic E-state index is 12.6. The molecule has 24 heavy (non-hydrogen) atoms. The molecule has 0 atom stereocenters. The normalized spacial score (nSPS) is 10.8. The molecule has 3 aromatic rings. The van der Waals surface area contributed by atoms with Gasteiger partial charge >= 0.3 is 0 Å². The zero-order chi connectivity index (χ0) is 17.1. The third-order valence-electron chi connectivity index (χ3n) is 3.49. The number of halogens is 1. The molecule has 0 aliphatic rings. The smallest absolute Gasteiger partial charge is 0.197 e. The Morgan fingerprint density at radius 2 is 1.83 bits per heavy atom. The molecular formula is C19H17IO4. The fourth-order valence-electron chi connectivity index (χ4n) is 2.53. The van der Waals surface area contributed by atoms with Crippen LogP contribution in [-0.2, 0) is 0 Å². The number of benzene rings is 2. The molecule has 4 nitrogen and oxygen atoms in total. The van der Waals surface area contributed by atoms with Gasteiger partial charge in [-0.2, -0.15) is 0 Å². The van der Waals surface area contributed by atoms with Crippen molar-refractivity contribution >= 4 is 33.6 Å². The molecule has 0 aliphatic heterocycles. The second-order valence-electron chi connectivity index (χ2n) is 5.15. The average molecular weight is 436 g/mol. The molecule has 5 heteroatoms. The van der Waals surface area contributed by atoms with E-state index in [0.29, 0.717) is 41.4 Å². The lowest BCUT2D eigenvalue weighted by atomic mass is 10.1. The molecule has 3 rings (SSSR count). The average Bonchev–Trinajstić information content (AvgIpc) is 2.55. The van der Waals surface area contributed by atoms with Crippen molar-refractivity contribution in [3.05, 3.63) is 56.3 Å². The Balaban J connectivity index is 2.24. The van der Waals surface area contributed by atoms with Crippen molar-refractivity contribution in [1.29, 1.82) is 0 Å². The van der Waals surface area contributed by atoms with Crippen molar-refractivity contribution in [2.24, 2.45) is 0 Å². The highest BCUT2D eigenvalue weighted by Gasteiger charge is 2.14. The summed E-state index contributed by atoms with van der Waals surface area (Å²) in [6, 6.07) is 12.8. The van der Waals surface area contributed by atoms with Crippen LogP contribution in [0.25, 0.3) is 22.3 Å². The lowest BCUT2D eigenvalue weighted by Crippen LogP contribution is -2.05. The number of rotatable bonds is 5. The van der Waals surface area contributed by atoms with Crippen LogP contribution >= 0.6 is 22.6 Å².